The summed E-state index contributed by atoms with van der Waals surface area (Å²) in [6.07, 6.45) is 2.20. The molecule has 0 nitrogen and oxygen atoms in total. The smallest absolute Gasteiger partial charge is 0.105 e. The predicted molar refractivity (Wildman–Crippen MR) is 116 cm³/mol. The highest BCUT2D eigenvalue weighted by molar-refractivity contribution is 6.68. The summed E-state index contributed by atoms with van der Waals surface area (Å²) in [5.74, 6) is 0. The van der Waals surface area contributed by atoms with Crippen LogP contribution in [0.4, 0.5) is 0 Å². The molecule has 0 aromatic heterocycles. The molecule has 0 amide bonds. The molecule has 1 heteroatoms. The van der Waals surface area contributed by atoms with Crippen LogP contribution in [-0.4, -0.2) is 15.2 Å². The van der Waals surface area contributed by atoms with Crippen LogP contribution >= 0.6 is 0 Å². The van der Waals surface area contributed by atoms with E-state index >= 15 is 0 Å². The Morgan fingerprint density at radius 2 is 0.889 bits per heavy atom. The van der Waals surface area contributed by atoms with Gasteiger partial charge in [-0.3, -0.25) is 0 Å². The highest BCUT2D eigenvalue weighted by Gasteiger charge is 2.24. The molecule has 27 heavy (non-hydrogen) atoms. The van der Waals surface area contributed by atoms with Crippen molar-refractivity contribution in [2.45, 2.75) is 12.8 Å². The number of hydrogen-bond acceptors (Lipinski definition) is 0. The number of rotatable bonds is 2. The molecule has 0 heterocycles. The monoisotopic (exact) mass is 358 g/mol. The van der Waals surface area contributed by atoms with Gasteiger partial charge in [0.25, 0.3) is 0 Å². The number of hydrogen-bond donors (Lipinski definition) is 0. The van der Waals surface area contributed by atoms with Gasteiger partial charge in [-0.15, -0.1) is 8.85 Å². The van der Waals surface area contributed by atoms with Crippen LogP contribution in [0.3, 0.4) is 0 Å². The Kier molecular flexibility index (Phi) is 3.42. The van der Waals surface area contributed by atoms with Crippen molar-refractivity contribution in [2.75, 3.05) is 0 Å². The van der Waals surface area contributed by atoms with Gasteiger partial charge >= 0.3 is 15.2 Å². The molecular formula is C26H19Al. The Hall–Kier alpha value is -2.59. The summed E-state index contributed by atoms with van der Waals surface area (Å²) in [7, 11) is 0. The molecule has 0 N–H and O–H groups in total. The SMILES string of the molecule is c1ccc2c(c1)Cc1[c]([AlH][c]3cccc4c3Cc3ccccc3-4)cccc1-2. The van der Waals surface area contributed by atoms with E-state index in [0.717, 1.165) is 12.8 Å². The number of fused-ring (bicyclic) bond motifs is 6. The van der Waals surface area contributed by atoms with Crippen LogP contribution in [0.5, 0.6) is 0 Å². The molecule has 4 aromatic carbocycles. The first-order valence-electron chi connectivity index (χ1n) is 9.76. The van der Waals surface area contributed by atoms with E-state index in [-0.39, 0.29) is 0 Å². The molecule has 0 atom stereocenters. The molecule has 6 rings (SSSR count). The predicted octanol–water partition coefficient (Wildman–Crippen LogP) is 4.22. The zero-order valence-corrected chi connectivity index (χ0v) is 16.6. The molecular weight excluding hydrogens is 339 g/mol. The molecule has 2 aliphatic carbocycles. The van der Waals surface area contributed by atoms with E-state index in [4.69, 9.17) is 0 Å². The normalized spacial score (nSPS) is 12.9. The molecule has 0 radical (unpaired) electrons. The van der Waals surface area contributed by atoms with Crippen molar-refractivity contribution in [2.24, 2.45) is 0 Å². The highest BCUT2D eigenvalue weighted by atomic mass is 27.1. The van der Waals surface area contributed by atoms with Crippen LogP contribution in [0.25, 0.3) is 22.3 Å². The molecule has 0 saturated heterocycles. The van der Waals surface area contributed by atoms with Gasteiger partial charge in [-0.25, -0.2) is 0 Å². The zero-order chi connectivity index (χ0) is 17.8. The molecule has 0 bridgehead atoms. The summed E-state index contributed by atoms with van der Waals surface area (Å²) >= 11 is -0.507. The summed E-state index contributed by atoms with van der Waals surface area (Å²) in [4.78, 5) is 0. The van der Waals surface area contributed by atoms with E-state index in [9.17, 15) is 0 Å². The lowest BCUT2D eigenvalue weighted by Crippen LogP contribution is -2.32. The van der Waals surface area contributed by atoms with Crippen molar-refractivity contribution in [1.82, 2.24) is 0 Å². The van der Waals surface area contributed by atoms with Gasteiger partial charge in [0.05, 0.1) is 0 Å². The second-order valence-electron chi connectivity index (χ2n) is 7.73. The minimum absolute atomic E-state index is 0.507. The maximum absolute atomic E-state index is 2.39. The van der Waals surface area contributed by atoms with E-state index < -0.39 is 15.2 Å². The molecule has 0 aliphatic heterocycles. The Morgan fingerprint density at radius 1 is 0.444 bits per heavy atom. The standard InChI is InChI=1S/2C13H9.Al.H/c2*1-3-7-12-10(5-1)9-11-6-2-4-8-13(11)12;;/h2*1-5,7-8H,9H2;;. The van der Waals surface area contributed by atoms with Crippen LogP contribution in [-0.2, 0) is 12.8 Å². The third-order valence-electron chi connectivity index (χ3n) is 6.28. The lowest BCUT2D eigenvalue weighted by molar-refractivity contribution is 1.27. The lowest BCUT2D eigenvalue weighted by Gasteiger charge is -2.11. The van der Waals surface area contributed by atoms with Crippen LogP contribution in [0.15, 0.2) is 84.9 Å². The third-order valence-corrected chi connectivity index (χ3v) is 8.36. The van der Waals surface area contributed by atoms with Gasteiger partial charge in [-0.2, -0.15) is 0 Å². The topological polar surface area (TPSA) is 0 Å². The van der Waals surface area contributed by atoms with E-state index in [2.05, 4.69) is 84.9 Å². The molecule has 126 valence electrons. The average Bonchev–Trinajstić information content (AvgIpc) is 3.28. The largest absolute Gasteiger partial charge is 0.324 e. The first-order chi connectivity index (χ1) is 13.4. The molecule has 2 aliphatic rings. The zero-order valence-electron chi connectivity index (χ0n) is 15.2. The van der Waals surface area contributed by atoms with Gasteiger partial charge < -0.3 is 0 Å². The maximum atomic E-state index is 2.39. The summed E-state index contributed by atoms with van der Waals surface area (Å²) < 4.78 is 3.24. The van der Waals surface area contributed by atoms with E-state index in [1.807, 2.05) is 0 Å². The van der Waals surface area contributed by atoms with E-state index in [0.29, 0.717) is 0 Å². The van der Waals surface area contributed by atoms with Crippen LogP contribution in [0, 0.1) is 0 Å². The second kappa shape index (κ2) is 5.96. The van der Waals surface area contributed by atoms with Crippen molar-refractivity contribution in [3.8, 4) is 22.3 Å². The van der Waals surface area contributed by atoms with Crippen molar-refractivity contribution in [1.29, 1.82) is 0 Å². The summed E-state index contributed by atoms with van der Waals surface area (Å²) in [5.41, 5.74) is 11.9. The van der Waals surface area contributed by atoms with Crippen molar-refractivity contribution < 1.29 is 0 Å². The van der Waals surface area contributed by atoms with Crippen LogP contribution < -0.4 is 8.85 Å². The van der Waals surface area contributed by atoms with E-state index in [1.54, 1.807) is 20.0 Å². The average molecular weight is 358 g/mol. The minimum atomic E-state index is -0.507. The summed E-state index contributed by atoms with van der Waals surface area (Å²) in [6, 6.07) is 31.7. The fraction of sp³-hybridized carbons (Fsp3) is 0.0769. The lowest BCUT2D eigenvalue weighted by atomic mass is 10.1. The summed E-state index contributed by atoms with van der Waals surface area (Å²) in [6.45, 7) is 0. The first-order valence-corrected chi connectivity index (χ1v) is 11.2. The Morgan fingerprint density at radius 3 is 1.41 bits per heavy atom. The summed E-state index contributed by atoms with van der Waals surface area (Å²) in [5, 5.41) is 0. The van der Waals surface area contributed by atoms with E-state index in [1.165, 1.54) is 33.4 Å². The number of benzene rings is 4. The van der Waals surface area contributed by atoms with Crippen LogP contribution in [0.2, 0.25) is 0 Å². The van der Waals surface area contributed by atoms with Gasteiger partial charge in [0.1, 0.15) is 0 Å². The van der Waals surface area contributed by atoms with Gasteiger partial charge in [0.15, 0.2) is 0 Å². The van der Waals surface area contributed by atoms with Gasteiger partial charge in [-0.05, 0) is 57.3 Å². The fourth-order valence-electron chi connectivity index (χ4n) is 4.98. The molecule has 4 aromatic rings. The van der Waals surface area contributed by atoms with Gasteiger partial charge in [0.2, 0.25) is 0 Å². The second-order valence-corrected chi connectivity index (χ2v) is 9.61. The Labute approximate surface area is 166 Å². The van der Waals surface area contributed by atoms with Crippen molar-refractivity contribution in [3.63, 3.8) is 0 Å². The molecule has 0 spiro atoms. The van der Waals surface area contributed by atoms with Crippen molar-refractivity contribution in [3.05, 3.63) is 107 Å². The maximum Gasteiger partial charge on any atom is 0.324 e. The fourth-order valence-corrected chi connectivity index (χ4v) is 6.96. The first kappa shape index (κ1) is 15.5. The van der Waals surface area contributed by atoms with Crippen LogP contribution in [0.1, 0.15) is 22.3 Å². The Balaban J connectivity index is 1.43. The molecule has 0 saturated carbocycles. The van der Waals surface area contributed by atoms with Crippen molar-refractivity contribution >= 4 is 24.1 Å². The van der Waals surface area contributed by atoms with Gasteiger partial charge in [-0.1, -0.05) is 84.9 Å². The van der Waals surface area contributed by atoms with Gasteiger partial charge in [0, 0.05) is 0 Å². The molecule has 0 fully saturated rings. The molecule has 0 unspecified atom stereocenters. The highest BCUT2D eigenvalue weighted by Crippen LogP contribution is 2.36. The minimum Gasteiger partial charge on any atom is -0.105 e. The third kappa shape index (κ3) is 2.36. The quantitative estimate of drug-likeness (QED) is 0.407. The Bertz CT molecular complexity index is 1110.